The molecular formula is C19H15F3N2O2. The fraction of sp³-hybridized carbons (Fsp3) is 0.158. The van der Waals surface area contributed by atoms with Gasteiger partial charge in [-0.3, -0.25) is 4.79 Å². The molecule has 1 amide bonds. The van der Waals surface area contributed by atoms with Crippen LogP contribution in [-0.2, 0) is 4.79 Å². The third-order valence-electron chi connectivity index (χ3n) is 3.53. The number of aryl methyl sites for hydroxylation is 2. The first-order chi connectivity index (χ1) is 12.2. The van der Waals surface area contributed by atoms with E-state index in [2.05, 4.69) is 10.1 Å². The summed E-state index contributed by atoms with van der Waals surface area (Å²) in [6.07, 6.45) is -3.82. The van der Waals surface area contributed by atoms with E-state index in [1.54, 1.807) is 32.0 Å². The summed E-state index contributed by atoms with van der Waals surface area (Å²) in [6, 6.07) is 12.4. The third-order valence-corrected chi connectivity index (χ3v) is 3.53. The van der Waals surface area contributed by atoms with E-state index >= 15 is 0 Å². The van der Waals surface area contributed by atoms with Gasteiger partial charge in [-0.15, -0.1) is 13.2 Å². The highest BCUT2D eigenvalue weighted by molar-refractivity contribution is 6.10. The topological polar surface area (TPSA) is 62.1 Å². The largest absolute Gasteiger partial charge is 0.573 e. The molecule has 1 N–H and O–H groups in total. The van der Waals surface area contributed by atoms with E-state index < -0.39 is 18.0 Å². The molecule has 4 nitrogen and oxygen atoms in total. The van der Waals surface area contributed by atoms with Gasteiger partial charge >= 0.3 is 6.36 Å². The van der Waals surface area contributed by atoms with Gasteiger partial charge in [0.1, 0.15) is 17.4 Å². The Morgan fingerprint density at radius 1 is 1.12 bits per heavy atom. The van der Waals surface area contributed by atoms with Gasteiger partial charge in [-0.25, -0.2) is 0 Å². The van der Waals surface area contributed by atoms with Gasteiger partial charge in [0, 0.05) is 11.3 Å². The number of carbonyl (C=O) groups excluding carboxylic acids is 1. The highest BCUT2D eigenvalue weighted by atomic mass is 19.4. The van der Waals surface area contributed by atoms with Gasteiger partial charge < -0.3 is 10.1 Å². The Balaban J connectivity index is 2.34. The van der Waals surface area contributed by atoms with Gasteiger partial charge in [0.15, 0.2) is 0 Å². The van der Waals surface area contributed by atoms with Crippen molar-refractivity contribution in [3.8, 4) is 11.8 Å². The summed E-state index contributed by atoms with van der Waals surface area (Å²) in [5.41, 5.74) is 1.79. The summed E-state index contributed by atoms with van der Waals surface area (Å²) in [6.45, 7) is 3.59. The monoisotopic (exact) mass is 360 g/mol. The fourth-order valence-electron chi connectivity index (χ4n) is 2.31. The molecule has 0 heterocycles. The maximum atomic E-state index is 12.5. The summed E-state index contributed by atoms with van der Waals surface area (Å²) in [4.78, 5) is 12.4. The number of ether oxygens (including phenoxy) is 1. The second kappa shape index (κ2) is 7.74. The number of halogens is 3. The molecular weight excluding hydrogens is 345 g/mol. The second-order valence-electron chi connectivity index (χ2n) is 5.48. The van der Waals surface area contributed by atoms with E-state index in [1.807, 2.05) is 6.07 Å². The first-order valence-corrected chi connectivity index (χ1v) is 7.55. The molecule has 26 heavy (non-hydrogen) atoms. The number of anilines is 1. The molecule has 2 aromatic rings. The molecule has 0 fully saturated rings. The lowest BCUT2D eigenvalue weighted by atomic mass is 10.1. The van der Waals surface area contributed by atoms with Crippen LogP contribution in [0.3, 0.4) is 0 Å². The van der Waals surface area contributed by atoms with Crippen LogP contribution in [0.5, 0.6) is 5.75 Å². The van der Waals surface area contributed by atoms with Gasteiger partial charge in [-0.05, 0) is 37.1 Å². The Morgan fingerprint density at radius 2 is 1.73 bits per heavy atom. The Bertz CT molecular complexity index is 876. The molecule has 0 atom stereocenters. The van der Waals surface area contributed by atoms with Crippen LogP contribution in [0.4, 0.5) is 18.9 Å². The van der Waals surface area contributed by atoms with E-state index in [0.717, 1.165) is 23.3 Å². The van der Waals surface area contributed by atoms with Crippen molar-refractivity contribution in [2.45, 2.75) is 20.2 Å². The van der Waals surface area contributed by atoms with Gasteiger partial charge in [-0.1, -0.05) is 36.4 Å². The third kappa shape index (κ3) is 4.86. The van der Waals surface area contributed by atoms with E-state index in [0.29, 0.717) is 5.69 Å². The predicted molar refractivity (Wildman–Crippen MR) is 91.3 cm³/mol. The first-order valence-electron chi connectivity index (χ1n) is 7.55. The van der Waals surface area contributed by atoms with Crippen LogP contribution >= 0.6 is 0 Å². The number of carbonyl (C=O) groups is 1. The van der Waals surface area contributed by atoms with Crippen molar-refractivity contribution in [3.63, 3.8) is 0 Å². The maximum Gasteiger partial charge on any atom is 0.573 e. The number of nitrogens with one attached hydrogen (secondary N) is 1. The summed E-state index contributed by atoms with van der Waals surface area (Å²) in [7, 11) is 0. The summed E-state index contributed by atoms with van der Waals surface area (Å²) in [5.74, 6) is -1.21. The Hall–Kier alpha value is -3.27. The Labute approximate surface area is 148 Å². The minimum atomic E-state index is -4.88. The second-order valence-corrected chi connectivity index (χ2v) is 5.48. The molecule has 0 aliphatic carbocycles. The number of rotatable bonds is 4. The van der Waals surface area contributed by atoms with Crippen LogP contribution in [-0.4, -0.2) is 12.3 Å². The minimum Gasteiger partial charge on any atom is -0.405 e. The zero-order valence-corrected chi connectivity index (χ0v) is 14.0. The number of nitriles is 1. The van der Waals surface area contributed by atoms with Gasteiger partial charge in [0.25, 0.3) is 5.91 Å². The van der Waals surface area contributed by atoms with Crippen LogP contribution in [0.2, 0.25) is 0 Å². The standard InChI is InChI=1S/C19H15F3N2O2/c1-12-6-5-7-13(2)17(12)24-18(25)15(11-23)10-14-8-3-4-9-16(14)26-19(20,21)22/h3-10H,1-2H3,(H,24,25)/b15-10+. The number of para-hydroxylation sites is 2. The molecule has 0 bridgehead atoms. The molecule has 0 aliphatic heterocycles. The summed E-state index contributed by atoms with van der Waals surface area (Å²) in [5, 5.41) is 11.9. The van der Waals surface area contributed by atoms with E-state index in [9.17, 15) is 23.2 Å². The molecule has 2 rings (SSSR count). The molecule has 0 spiro atoms. The van der Waals surface area contributed by atoms with Crippen molar-refractivity contribution < 1.29 is 22.7 Å². The van der Waals surface area contributed by atoms with E-state index in [-0.39, 0.29) is 11.1 Å². The van der Waals surface area contributed by atoms with Crippen LogP contribution in [0.25, 0.3) is 6.08 Å². The average Bonchev–Trinajstić information content (AvgIpc) is 2.56. The molecule has 0 unspecified atom stereocenters. The molecule has 134 valence electrons. The smallest absolute Gasteiger partial charge is 0.405 e. The van der Waals surface area contributed by atoms with Crippen LogP contribution in [0.15, 0.2) is 48.0 Å². The number of benzene rings is 2. The van der Waals surface area contributed by atoms with Crippen molar-refractivity contribution in [1.29, 1.82) is 5.26 Å². The normalized spacial score (nSPS) is 11.6. The summed E-state index contributed by atoms with van der Waals surface area (Å²) < 4.78 is 41.4. The van der Waals surface area contributed by atoms with Crippen molar-refractivity contribution in [2.24, 2.45) is 0 Å². The van der Waals surface area contributed by atoms with E-state index in [1.165, 1.54) is 18.2 Å². The van der Waals surface area contributed by atoms with Crippen LogP contribution in [0, 0.1) is 25.2 Å². The first kappa shape index (κ1) is 19.1. The lowest BCUT2D eigenvalue weighted by Crippen LogP contribution is -2.18. The van der Waals surface area contributed by atoms with Crippen LogP contribution in [0.1, 0.15) is 16.7 Å². The zero-order valence-electron chi connectivity index (χ0n) is 14.0. The Kier molecular flexibility index (Phi) is 5.68. The minimum absolute atomic E-state index is 0.0296. The number of alkyl halides is 3. The fourth-order valence-corrected chi connectivity index (χ4v) is 2.31. The molecule has 0 saturated carbocycles. The quantitative estimate of drug-likeness (QED) is 0.632. The number of nitrogens with zero attached hydrogens (tertiary/aromatic N) is 1. The molecule has 0 saturated heterocycles. The molecule has 0 aliphatic rings. The van der Waals surface area contributed by atoms with Crippen molar-refractivity contribution in [3.05, 3.63) is 64.7 Å². The Morgan fingerprint density at radius 3 is 2.31 bits per heavy atom. The predicted octanol–water partition coefficient (Wildman–Crippen LogP) is 4.75. The average molecular weight is 360 g/mol. The zero-order chi connectivity index (χ0) is 19.3. The van der Waals surface area contributed by atoms with Crippen LogP contribution < -0.4 is 10.1 Å². The van der Waals surface area contributed by atoms with Crippen molar-refractivity contribution >= 4 is 17.7 Å². The van der Waals surface area contributed by atoms with Crippen molar-refractivity contribution in [1.82, 2.24) is 0 Å². The van der Waals surface area contributed by atoms with E-state index in [4.69, 9.17) is 0 Å². The molecule has 2 aromatic carbocycles. The number of hydrogen-bond acceptors (Lipinski definition) is 3. The number of hydrogen-bond donors (Lipinski definition) is 1. The lowest BCUT2D eigenvalue weighted by Gasteiger charge is -2.12. The maximum absolute atomic E-state index is 12.5. The molecule has 0 radical (unpaired) electrons. The highest BCUT2D eigenvalue weighted by Crippen LogP contribution is 2.28. The lowest BCUT2D eigenvalue weighted by molar-refractivity contribution is -0.274. The highest BCUT2D eigenvalue weighted by Gasteiger charge is 2.31. The number of amides is 1. The SMILES string of the molecule is Cc1cccc(C)c1NC(=O)/C(C#N)=C/c1ccccc1OC(F)(F)F. The molecule has 0 aromatic heterocycles. The van der Waals surface area contributed by atoms with Gasteiger partial charge in [0.05, 0.1) is 0 Å². The van der Waals surface area contributed by atoms with Crippen molar-refractivity contribution in [2.75, 3.05) is 5.32 Å². The molecule has 7 heteroatoms. The summed E-state index contributed by atoms with van der Waals surface area (Å²) >= 11 is 0. The van der Waals surface area contributed by atoms with Gasteiger partial charge in [0.2, 0.25) is 0 Å². The van der Waals surface area contributed by atoms with Gasteiger partial charge in [-0.2, -0.15) is 5.26 Å².